The van der Waals surface area contributed by atoms with Crippen LogP contribution in [0.5, 0.6) is 5.75 Å². The Morgan fingerprint density at radius 2 is 1.96 bits per heavy atom. The highest BCUT2D eigenvalue weighted by atomic mass is 35.5. The number of ether oxygens (including phenoxy) is 1. The Bertz CT molecular complexity index is 904. The van der Waals surface area contributed by atoms with E-state index < -0.39 is 0 Å². The quantitative estimate of drug-likeness (QED) is 0.666. The van der Waals surface area contributed by atoms with Crippen LogP contribution in [-0.4, -0.2) is 17.1 Å². The third-order valence-electron chi connectivity index (χ3n) is 3.48. The molecule has 0 atom stereocenters. The van der Waals surface area contributed by atoms with Gasteiger partial charge in [0.2, 0.25) is 5.95 Å². The molecule has 0 aliphatic heterocycles. The number of nitrogens with zero attached hydrogens (tertiary/aromatic N) is 2. The lowest BCUT2D eigenvalue weighted by molar-refractivity contribution is 0.416. The number of aryl methyl sites for hydroxylation is 1. The highest BCUT2D eigenvalue weighted by Gasteiger charge is 2.09. The first kappa shape index (κ1) is 17.0. The molecule has 1 heterocycles. The summed E-state index contributed by atoms with van der Waals surface area (Å²) in [4.78, 5) is 8.52. The number of aromatic nitrogens is 2. The normalized spacial score (nSPS) is 10.4. The summed E-state index contributed by atoms with van der Waals surface area (Å²) in [6.07, 6.45) is 1.60. The fourth-order valence-electron chi connectivity index (χ4n) is 2.25. The van der Waals surface area contributed by atoms with E-state index in [0.717, 1.165) is 11.3 Å². The molecule has 3 aromatic rings. The summed E-state index contributed by atoms with van der Waals surface area (Å²) >= 11 is 6.12. The molecule has 2 aromatic carbocycles. The maximum absolute atomic E-state index is 13.3. The molecular formula is C18H16ClFN4O. The van der Waals surface area contributed by atoms with E-state index in [4.69, 9.17) is 16.3 Å². The van der Waals surface area contributed by atoms with Crippen LogP contribution in [0.15, 0.2) is 48.7 Å². The molecule has 0 saturated heterocycles. The minimum absolute atomic E-state index is 0.333. The Labute approximate surface area is 149 Å². The van der Waals surface area contributed by atoms with Crippen molar-refractivity contribution in [3.05, 3.63) is 65.1 Å². The summed E-state index contributed by atoms with van der Waals surface area (Å²) in [6.45, 7) is 1.91. The maximum atomic E-state index is 13.3. The average Bonchev–Trinajstić information content (AvgIpc) is 2.58. The van der Waals surface area contributed by atoms with E-state index in [-0.39, 0.29) is 5.82 Å². The topological polar surface area (TPSA) is 59.1 Å². The number of hydrogen-bond acceptors (Lipinski definition) is 5. The Kier molecular flexibility index (Phi) is 5.00. The lowest BCUT2D eigenvalue weighted by atomic mass is 10.2. The first-order chi connectivity index (χ1) is 12.0. The van der Waals surface area contributed by atoms with Crippen molar-refractivity contribution in [2.24, 2.45) is 0 Å². The minimum Gasteiger partial charge on any atom is -0.495 e. The van der Waals surface area contributed by atoms with Crippen LogP contribution in [0.2, 0.25) is 5.02 Å². The van der Waals surface area contributed by atoms with Gasteiger partial charge in [-0.25, -0.2) is 9.37 Å². The summed E-state index contributed by atoms with van der Waals surface area (Å²) in [6, 6.07) is 11.4. The van der Waals surface area contributed by atoms with Crippen LogP contribution in [0.1, 0.15) is 5.56 Å². The molecule has 0 bridgehead atoms. The van der Waals surface area contributed by atoms with Crippen molar-refractivity contribution in [1.29, 1.82) is 0 Å². The van der Waals surface area contributed by atoms with Crippen molar-refractivity contribution in [2.75, 3.05) is 17.7 Å². The van der Waals surface area contributed by atoms with Crippen molar-refractivity contribution >= 4 is 34.7 Å². The van der Waals surface area contributed by atoms with Crippen LogP contribution in [0, 0.1) is 12.7 Å². The highest BCUT2D eigenvalue weighted by Crippen LogP contribution is 2.32. The zero-order valence-corrected chi connectivity index (χ0v) is 14.4. The Hall–Kier alpha value is -2.86. The van der Waals surface area contributed by atoms with E-state index in [1.165, 1.54) is 12.1 Å². The van der Waals surface area contributed by atoms with Gasteiger partial charge in [-0.1, -0.05) is 17.7 Å². The Morgan fingerprint density at radius 3 is 2.72 bits per heavy atom. The van der Waals surface area contributed by atoms with Gasteiger partial charge in [0.25, 0.3) is 0 Å². The standard InChI is InChI=1S/C18H16ClFN4O/c1-11-8-15(16(25-2)10-14(11)19)23-17-6-7-21-18(24-17)22-13-5-3-4-12(20)9-13/h3-10H,1-2H3,(H2,21,22,23,24). The molecule has 7 heteroatoms. The molecule has 128 valence electrons. The third-order valence-corrected chi connectivity index (χ3v) is 3.89. The second-order valence-electron chi connectivity index (χ2n) is 5.33. The zero-order valence-electron chi connectivity index (χ0n) is 13.7. The molecule has 0 saturated carbocycles. The highest BCUT2D eigenvalue weighted by molar-refractivity contribution is 6.31. The van der Waals surface area contributed by atoms with Gasteiger partial charge in [-0.2, -0.15) is 4.98 Å². The van der Waals surface area contributed by atoms with Crippen LogP contribution in [0.4, 0.5) is 27.5 Å². The number of nitrogens with one attached hydrogen (secondary N) is 2. The zero-order chi connectivity index (χ0) is 17.8. The molecule has 1 aromatic heterocycles. The number of anilines is 4. The van der Waals surface area contributed by atoms with E-state index in [9.17, 15) is 4.39 Å². The molecule has 0 spiro atoms. The van der Waals surface area contributed by atoms with E-state index >= 15 is 0 Å². The Morgan fingerprint density at radius 1 is 1.12 bits per heavy atom. The monoisotopic (exact) mass is 358 g/mol. The molecule has 5 nitrogen and oxygen atoms in total. The van der Waals surface area contributed by atoms with Gasteiger partial charge in [0, 0.05) is 23.0 Å². The van der Waals surface area contributed by atoms with Crippen molar-refractivity contribution in [3.63, 3.8) is 0 Å². The summed E-state index contributed by atoms with van der Waals surface area (Å²) in [5.74, 6) is 1.18. The van der Waals surface area contributed by atoms with E-state index in [1.807, 2.05) is 13.0 Å². The predicted octanol–water partition coefficient (Wildman–Crippen LogP) is 5.07. The fraction of sp³-hybridized carbons (Fsp3) is 0.111. The van der Waals surface area contributed by atoms with Crippen molar-refractivity contribution in [1.82, 2.24) is 9.97 Å². The van der Waals surface area contributed by atoms with Gasteiger partial charge in [-0.15, -0.1) is 0 Å². The van der Waals surface area contributed by atoms with E-state index in [1.54, 1.807) is 37.6 Å². The number of rotatable bonds is 5. The van der Waals surface area contributed by atoms with Crippen molar-refractivity contribution in [3.8, 4) is 5.75 Å². The molecule has 2 N–H and O–H groups in total. The molecule has 25 heavy (non-hydrogen) atoms. The molecule has 0 aliphatic carbocycles. The molecule has 3 rings (SSSR count). The van der Waals surface area contributed by atoms with Crippen LogP contribution in [0.25, 0.3) is 0 Å². The molecule has 0 amide bonds. The summed E-state index contributed by atoms with van der Waals surface area (Å²) < 4.78 is 18.6. The van der Waals surface area contributed by atoms with Crippen LogP contribution in [0.3, 0.4) is 0 Å². The smallest absolute Gasteiger partial charge is 0.229 e. The van der Waals surface area contributed by atoms with Gasteiger partial charge >= 0.3 is 0 Å². The van der Waals surface area contributed by atoms with Crippen molar-refractivity contribution < 1.29 is 9.13 Å². The summed E-state index contributed by atoms with van der Waals surface area (Å²) in [5.41, 5.74) is 2.22. The van der Waals surface area contributed by atoms with Gasteiger partial charge in [-0.3, -0.25) is 0 Å². The lowest BCUT2D eigenvalue weighted by Crippen LogP contribution is -2.02. The molecule has 0 radical (unpaired) electrons. The Balaban J connectivity index is 1.84. The minimum atomic E-state index is -0.333. The fourth-order valence-corrected chi connectivity index (χ4v) is 2.41. The number of methoxy groups -OCH3 is 1. The van der Waals surface area contributed by atoms with Crippen LogP contribution >= 0.6 is 11.6 Å². The van der Waals surface area contributed by atoms with Crippen molar-refractivity contribution in [2.45, 2.75) is 6.92 Å². The number of benzene rings is 2. The van der Waals surface area contributed by atoms with Gasteiger partial charge in [-0.05, 0) is 42.8 Å². The predicted molar refractivity (Wildman–Crippen MR) is 97.7 cm³/mol. The number of hydrogen-bond donors (Lipinski definition) is 2. The maximum Gasteiger partial charge on any atom is 0.229 e. The van der Waals surface area contributed by atoms with Gasteiger partial charge in [0.1, 0.15) is 17.4 Å². The lowest BCUT2D eigenvalue weighted by Gasteiger charge is -2.13. The SMILES string of the molecule is COc1cc(Cl)c(C)cc1Nc1ccnc(Nc2cccc(F)c2)n1. The third kappa shape index (κ3) is 4.16. The second-order valence-corrected chi connectivity index (χ2v) is 5.73. The largest absolute Gasteiger partial charge is 0.495 e. The second kappa shape index (κ2) is 7.36. The van der Waals surface area contributed by atoms with Crippen LogP contribution in [-0.2, 0) is 0 Å². The van der Waals surface area contributed by atoms with E-state index in [2.05, 4.69) is 20.6 Å². The first-order valence-electron chi connectivity index (χ1n) is 7.52. The molecule has 0 unspecified atom stereocenters. The average molecular weight is 359 g/mol. The van der Waals surface area contributed by atoms with E-state index in [0.29, 0.717) is 28.2 Å². The number of halogens is 2. The summed E-state index contributed by atoms with van der Waals surface area (Å²) in [7, 11) is 1.57. The summed E-state index contributed by atoms with van der Waals surface area (Å²) in [5, 5.41) is 6.77. The molecule has 0 fully saturated rings. The van der Waals surface area contributed by atoms with Crippen LogP contribution < -0.4 is 15.4 Å². The molecule has 0 aliphatic rings. The van der Waals surface area contributed by atoms with Gasteiger partial charge < -0.3 is 15.4 Å². The van der Waals surface area contributed by atoms with Gasteiger partial charge in [0.05, 0.1) is 12.8 Å². The molecular weight excluding hydrogens is 343 g/mol. The van der Waals surface area contributed by atoms with Gasteiger partial charge in [0.15, 0.2) is 0 Å². The first-order valence-corrected chi connectivity index (χ1v) is 7.90.